The van der Waals surface area contributed by atoms with Gasteiger partial charge in [-0.3, -0.25) is 0 Å². The molecule has 0 aromatic heterocycles. The summed E-state index contributed by atoms with van der Waals surface area (Å²) < 4.78 is 24.1. The highest BCUT2D eigenvalue weighted by atomic mass is 32.2. The van der Waals surface area contributed by atoms with Gasteiger partial charge in [0.15, 0.2) is 9.84 Å². The van der Waals surface area contributed by atoms with Crippen LogP contribution in [-0.2, 0) is 15.3 Å². The topological polar surface area (TPSA) is 34.1 Å². The van der Waals surface area contributed by atoms with Gasteiger partial charge < -0.3 is 0 Å². The van der Waals surface area contributed by atoms with Gasteiger partial charge in [-0.1, -0.05) is 57.2 Å². The first-order valence-electron chi connectivity index (χ1n) is 7.88. The molecule has 0 radical (unpaired) electrons. The monoisotopic (exact) mass is 330 g/mol. The molecule has 0 bridgehead atoms. The van der Waals surface area contributed by atoms with Crippen LogP contribution in [0.1, 0.15) is 47.1 Å². The van der Waals surface area contributed by atoms with Crippen molar-refractivity contribution in [3.05, 3.63) is 54.1 Å². The lowest BCUT2D eigenvalue weighted by atomic mass is 9.86. The van der Waals surface area contributed by atoms with Gasteiger partial charge in [0.1, 0.15) is 0 Å². The molecular weight excluding hydrogens is 304 g/mol. The van der Waals surface area contributed by atoms with Gasteiger partial charge in [-0.15, -0.1) is 0 Å². The Bertz CT molecular complexity index is 770. The van der Waals surface area contributed by atoms with Gasteiger partial charge in [-0.25, -0.2) is 8.42 Å². The van der Waals surface area contributed by atoms with E-state index in [4.69, 9.17) is 0 Å². The Balaban J connectivity index is 2.34. The van der Waals surface area contributed by atoms with Crippen LogP contribution >= 0.6 is 0 Å². The quantitative estimate of drug-likeness (QED) is 0.756. The molecular formula is C20H26O2S. The van der Waals surface area contributed by atoms with Crippen LogP contribution in [0.25, 0.3) is 11.1 Å². The largest absolute Gasteiger partial charge is 0.223 e. The molecule has 3 heteroatoms. The summed E-state index contributed by atoms with van der Waals surface area (Å²) in [6, 6.07) is 15.6. The first-order valence-corrected chi connectivity index (χ1v) is 9.37. The zero-order valence-corrected chi connectivity index (χ0v) is 15.7. The lowest BCUT2D eigenvalue weighted by Crippen LogP contribution is -2.27. The minimum atomic E-state index is -3.30. The zero-order valence-electron chi connectivity index (χ0n) is 14.8. The Morgan fingerprint density at radius 2 is 1.04 bits per heavy atom. The first kappa shape index (κ1) is 17.7. The minimum absolute atomic E-state index is 0.128. The van der Waals surface area contributed by atoms with Crippen molar-refractivity contribution in [2.45, 2.75) is 56.6 Å². The molecule has 0 atom stereocenters. The number of sulfone groups is 1. The molecule has 2 aromatic carbocycles. The van der Waals surface area contributed by atoms with E-state index in [-0.39, 0.29) is 5.41 Å². The van der Waals surface area contributed by atoms with Gasteiger partial charge in [0, 0.05) is 0 Å². The van der Waals surface area contributed by atoms with Crippen LogP contribution in [0, 0.1) is 0 Å². The van der Waals surface area contributed by atoms with Crippen LogP contribution in [0.4, 0.5) is 0 Å². The van der Waals surface area contributed by atoms with E-state index in [1.165, 1.54) is 5.56 Å². The van der Waals surface area contributed by atoms with E-state index >= 15 is 0 Å². The second-order valence-electron chi connectivity index (χ2n) is 7.97. The minimum Gasteiger partial charge on any atom is -0.223 e. The van der Waals surface area contributed by atoms with E-state index < -0.39 is 14.6 Å². The van der Waals surface area contributed by atoms with Crippen LogP contribution in [0.3, 0.4) is 0 Å². The number of benzene rings is 2. The fourth-order valence-electron chi connectivity index (χ4n) is 2.34. The van der Waals surface area contributed by atoms with Crippen LogP contribution in [0.5, 0.6) is 0 Å². The highest BCUT2D eigenvalue weighted by Crippen LogP contribution is 2.29. The van der Waals surface area contributed by atoms with E-state index in [1.54, 1.807) is 32.9 Å². The third-order valence-corrected chi connectivity index (χ3v) is 6.56. The SMILES string of the molecule is CC(C)(C)c1ccc(-c2ccc(S(=O)(=O)C(C)(C)C)cc2)cc1. The molecule has 124 valence electrons. The van der Waals surface area contributed by atoms with E-state index in [1.807, 2.05) is 12.1 Å². The lowest BCUT2D eigenvalue weighted by molar-refractivity contribution is 0.560. The fourth-order valence-corrected chi connectivity index (χ4v) is 3.54. The molecule has 0 amide bonds. The van der Waals surface area contributed by atoms with Gasteiger partial charge in [-0.05, 0) is 55.0 Å². The predicted octanol–water partition coefficient (Wildman–Crippen LogP) is 5.22. The molecule has 0 N–H and O–H groups in total. The molecule has 0 fully saturated rings. The van der Waals surface area contributed by atoms with Crippen molar-refractivity contribution < 1.29 is 8.42 Å². The van der Waals surface area contributed by atoms with Crippen LogP contribution in [0.2, 0.25) is 0 Å². The van der Waals surface area contributed by atoms with Crippen LogP contribution in [-0.4, -0.2) is 13.2 Å². The van der Waals surface area contributed by atoms with E-state index in [0.717, 1.165) is 11.1 Å². The number of rotatable bonds is 2. The predicted molar refractivity (Wildman–Crippen MR) is 97.5 cm³/mol. The van der Waals surface area contributed by atoms with Crippen molar-refractivity contribution in [1.29, 1.82) is 0 Å². The van der Waals surface area contributed by atoms with Gasteiger partial charge >= 0.3 is 0 Å². The maximum atomic E-state index is 12.5. The Hall–Kier alpha value is -1.61. The maximum Gasteiger partial charge on any atom is 0.183 e. The van der Waals surface area contributed by atoms with Crippen molar-refractivity contribution in [2.24, 2.45) is 0 Å². The Morgan fingerprint density at radius 3 is 1.39 bits per heavy atom. The Morgan fingerprint density at radius 1 is 0.652 bits per heavy atom. The molecule has 2 nitrogen and oxygen atoms in total. The summed E-state index contributed by atoms with van der Waals surface area (Å²) in [4.78, 5) is 0.375. The molecule has 0 saturated carbocycles. The Kier molecular flexibility index (Phi) is 4.46. The van der Waals surface area contributed by atoms with Crippen molar-refractivity contribution in [2.75, 3.05) is 0 Å². The summed E-state index contributed by atoms with van der Waals surface area (Å²) in [5, 5.41) is 0. The first-order chi connectivity index (χ1) is 10.4. The van der Waals surface area contributed by atoms with Crippen molar-refractivity contribution in [1.82, 2.24) is 0 Å². The summed E-state index contributed by atoms with van der Waals surface area (Å²) in [6.45, 7) is 11.7. The molecule has 0 aliphatic heterocycles. The molecule has 2 aromatic rings. The molecule has 23 heavy (non-hydrogen) atoms. The number of hydrogen-bond acceptors (Lipinski definition) is 2. The number of hydrogen-bond donors (Lipinski definition) is 0. The normalized spacial score (nSPS) is 13.1. The van der Waals surface area contributed by atoms with Gasteiger partial charge in [0.25, 0.3) is 0 Å². The fraction of sp³-hybridized carbons (Fsp3) is 0.400. The van der Waals surface area contributed by atoms with Crippen molar-refractivity contribution in [3.8, 4) is 11.1 Å². The maximum absolute atomic E-state index is 12.5. The molecule has 0 aliphatic rings. The average Bonchev–Trinajstić information content (AvgIpc) is 2.45. The van der Waals surface area contributed by atoms with Crippen molar-refractivity contribution >= 4 is 9.84 Å². The smallest absolute Gasteiger partial charge is 0.183 e. The highest BCUT2D eigenvalue weighted by molar-refractivity contribution is 7.92. The molecule has 0 aliphatic carbocycles. The summed E-state index contributed by atoms with van der Waals surface area (Å²) >= 11 is 0. The van der Waals surface area contributed by atoms with Crippen LogP contribution < -0.4 is 0 Å². The van der Waals surface area contributed by atoms with Gasteiger partial charge in [0.05, 0.1) is 9.64 Å². The summed E-state index contributed by atoms with van der Waals surface area (Å²) in [5.74, 6) is 0. The van der Waals surface area contributed by atoms with E-state index in [0.29, 0.717) is 4.90 Å². The Labute approximate surface area is 140 Å². The molecule has 0 unspecified atom stereocenters. The third-order valence-electron chi connectivity index (χ3n) is 4.06. The van der Waals surface area contributed by atoms with Crippen molar-refractivity contribution in [3.63, 3.8) is 0 Å². The van der Waals surface area contributed by atoms with Gasteiger partial charge in [0.2, 0.25) is 0 Å². The summed E-state index contributed by atoms with van der Waals surface area (Å²) in [7, 11) is -3.30. The van der Waals surface area contributed by atoms with E-state index in [2.05, 4.69) is 45.0 Å². The third kappa shape index (κ3) is 3.66. The summed E-state index contributed by atoms with van der Waals surface area (Å²) in [5.41, 5.74) is 3.53. The second-order valence-corrected chi connectivity index (χ2v) is 10.7. The average molecular weight is 330 g/mol. The second kappa shape index (κ2) is 5.79. The standard InChI is InChI=1S/C20H26O2S/c1-19(2,3)17-11-7-15(8-12-17)16-9-13-18(14-10-16)23(21,22)20(4,5)6/h7-14H,1-6H3. The highest BCUT2D eigenvalue weighted by Gasteiger charge is 2.30. The molecule has 0 heterocycles. The van der Waals surface area contributed by atoms with Gasteiger partial charge in [-0.2, -0.15) is 0 Å². The molecule has 2 rings (SSSR count). The summed E-state index contributed by atoms with van der Waals surface area (Å²) in [6.07, 6.45) is 0. The lowest BCUT2D eigenvalue weighted by Gasteiger charge is -2.20. The van der Waals surface area contributed by atoms with E-state index in [9.17, 15) is 8.42 Å². The molecule has 0 saturated heterocycles. The molecule has 0 spiro atoms. The zero-order chi connectivity index (χ0) is 17.5. The van der Waals surface area contributed by atoms with Crippen LogP contribution in [0.15, 0.2) is 53.4 Å².